The van der Waals surface area contributed by atoms with E-state index in [1.54, 1.807) is 0 Å². The van der Waals surface area contributed by atoms with E-state index in [1.807, 2.05) is 19.2 Å². The first-order valence-electron chi connectivity index (χ1n) is 10.3. The van der Waals surface area contributed by atoms with Crippen LogP contribution in [0.15, 0.2) is 42.6 Å². The van der Waals surface area contributed by atoms with Gasteiger partial charge in [0.1, 0.15) is 6.10 Å². The highest BCUT2D eigenvalue weighted by Crippen LogP contribution is 2.18. The van der Waals surface area contributed by atoms with Crippen molar-refractivity contribution in [2.75, 3.05) is 37.8 Å². The van der Waals surface area contributed by atoms with Gasteiger partial charge in [-0.1, -0.05) is 44.2 Å². The summed E-state index contributed by atoms with van der Waals surface area (Å²) in [6.07, 6.45) is 6.32. The lowest BCUT2D eigenvalue weighted by atomic mass is 10.1. The van der Waals surface area contributed by atoms with Gasteiger partial charge < -0.3 is 19.8 Å². The Morgan fingerprint density at radius 3 is 2.34 bits per heavy atom. The molecule has 0 amide bonds. The van der Waals surface area contributed by atoms with Gasteiger partial charge in [0.05, 0.1) is 19.8 Å². The Labute approximate surface area is 174 Å². The van der Waals surface area contributed by atoms with E-state index in [4.69, 9.17) is 9.84 Å². The molecule has 0 fully saturated rings. The number of aryl methyl sites for hydroxylation is 1. The second-order valence-electron chi connectivity index (χ2n) is 7.74. The third-order valence-corrected chi connectivity index (χ3v) is 4.66. The van der Waals surface area contributed by atoms with Crippen molar-refractivity contribution in [1.82, 2.24) is 4.98 Å². The number of pyridine rings is 1. The summed E-state index contributed by atoms with van der Waals surface area (Å²) in [6.45, 7) is 8.52. The molecule has 0 aliphatic heterocycles. The molecule has 0 bridgehead atoms. The highest BCUT2D eigenvalue weighted by atomic mass is 16.5. The minimum atomic E-state index is -0.811. The van der Waals surface area contributed by atoms with E-state index < -0.39 is 6.10 Å². The van der Waals surface area contributed by atoms with Crippen molar-refractivity contribution in [3.8, 4) is 0 Å². The molecule has 0 radical (unpaired) electrons. The van der Waals surface area contributed by atoms with E-state index >= 15 is 0 Å². The Balaban J connectivity index is 1.97. The lowest BCUT2D eigenvalue weighted by molar-refractivity contribution is 0.00838. The number of benzene rings is 1. The number of rotatable bonds is 12. The van der Waals surface area contributed by atoms with E-state index in [1.165, 1.54) is 0 Å². The van der Waals surface area contributed by atoms with Crippen LogP contribution in [0.1, 0.15) is 37.1 Å². The van der Waals surface area contributed by atoms with Crippen LogP contribution >= 0.6 is 0 Å². The number of ether oxygens (including phenoxy) is 1. The molecule has 0 saturated heterocycles. The third-order valence-electron chi connectivity index (χ3n) is 4.66. The van der Waals surface area contributed by atoms with Crippen molar-refractivity contribution >= 4 is 17.8 Å². The Morgan fingerprint density at radius 2 is 1.72 bits per heavy atom. The molecule has 29 heavy (non-hydrogen) atoms. The average molecular weight is 399 g/mol. The van der Waals surface area contributed by atoms with Gasteiger partial charge >= 0.3 is 0 Å². The summed E-state index contributed by atoms with van der Waals surface area (Å²) < 4.78 is 5.50. The summed E-state index contributed by atoms with van der Waals surface area (Å²) in [5.41, 5.74) is 4.40. The lowest BCUT2D eigenvalue weighted by Gasteiger charge is -2.26. The molecule has 0 aliphatic rings. The number of aliphatic hydroxyl groups excluding tert-OH is 2. The molecule has 0 aliphatic carbocycles. The monoisotopic (exact) mass is 398 g/mol. The van der Waals surface area contributed by atoms with E-state index in [9.17, 15) is 5.11 Å². The Hall–Kier alpha value is -2.21. The van der Waals surface area contributed by atoms with Crippen molar-refractivity contribution in [2.45, 2.75) is 33.3 Å². The molecular weight excluding hydrogens is 364 g/mol. The van der Waals surface area contributed by atoms with Crippen molar-refractivity contribution in [3.63, 3.8) is 0 Å². The molecule has 0 saturated carbocycles. The summed E-state index contributed by atoms with van der Waals surface area (Å²) >= 11 is 0. The molecule has 5 nitrogen and oxygen atoms in total. The van der Waals surface area contributed by atoms with Gasteiger partial charge in [0.25, 0.3) is 0 Å². The summed E-state index contributed by atoms with van der Waals surface area (Å²) in [7, 11) is 0. The zero-order chi connectivity index (χ0) is 21.1. The van der Waals surface area contributed by atoms with E-state index in [0.29, 0.717) is 12.5 Å². The van der Waals surface area contributed by atoms with Crippen LogP contribution in [0.4, 0.5) is 5.69 Å². The van der Waals surface area contributed by atoms with Gasteiger partial charge in [-0.25, -0.2) is 0 Å². The molecule has 1 aromatic heterocycles. The van der Waals surface area contributed by atoms with Crippen LogP contribution < -0.4 is 4.90 Å². The second kappa shape index (κ2) is 12.4. The minimum Gasteiger partial charge on any atom is -0.394 e. The van der Waals surface area contributed by atoms with Gasteiger partial charge in [0.2, 0.25) is 0 Å². The van der Waals surface area contributed by atoms with Crippen LogP contribution in [-0.2, 0) is 4.74 Å². The summed E-state index contributed by atoms with van der Waals surface area (Å²) in [4.78, 5) is 6.62. The lowest BCUT2D eigenvalue weighted by Crippen LogP contribution is -2.30. The van der Waals surface area contributed by atoms with Gasteiger partial charge in [-0.05, 0) is 48.6 Å². The third kappa shape index (κ3) is 8.77. The normalized spacial score (nSPS) is 12.6. The SMILES string of the molecule is Cc1ccc(C=Cc2ccc(N(CCOCC(O)CO)CCC(C)C)cc2)cn1. The van der Waals surface area contributed by atoms with Crippen LogP contribution in [-0.4, -0.2) is 54.2 Å². The highest BCUT2D eigenvalue weighted by Gasteiger charge is 2.09. The molecule has 2 aromatic rings. The molecule has 2 rings (SSSR count). The number of anilines is 1. The van der Waals surface area contributed by atoms with Crippen LogP contribution in [0, 0.1) is 12.8 Å². The zero-order valence-electron chi connectivity index (χ0n) is 17.8. The van der Waals surface area contributed by atoms with Gasteiger partial charge in [0.15, 0.2) is 0 Å². The van der Waals surface area contributed by atoms with E-state index in [2.05, 4.69) is 66.2 Å². The maximum atomic E-state index is 9.39. The molecular formula is C24H34N2O3. The molecule has 0 spiro atoms. The van der Waals surface area contributed by atoms with E-state index in [-0.39, 0.29) is 13.2 Å². The zero-order valence-corrected chi connectivity index (χ0v) is 17.8. The smallest absolute Gasteiger partial charge is 0.100 e. The fraction of sp³-hybridized carbons (Fsp3) is 0.458. The number of hydrogen-bond donors (Lipinski definition) is 2. The largest absolute Gasteiger partial charge is 0.394 e. The van der Waals surface area contributed by atoms with Gasteiger partial charge in [0, 0.05) is 30.7 Å². The minimum absolute atomic E-state index is 0.159. The van der Waals surface area contributed by atoms with Crippen LogP contribution in [0.3, 0.4) is 0 Å². The molecule has 1 heterocycles. The van der Waals surface area contributed by atoms with Crippen LogP contribution in [0.2, 0.25) is 0 Å². The van der Waals surface area contributed by atoms with Gasteiger partial charge in [-0.3, -0.25) is 4.98 Å². The summed E-state index contributed by atoms with van der Waals surface area (Å²) in [5.74, 6) is 0.625. The highest BCUT2D eigenvalue weighted by molar-refractivity contribution is 5.70. The molecule has 2 N–H and O–H groups in total. The van der Waals surface area contributed by atoms with Crippen molar-refractivity contribution < 1.29 is 14.9 Å². The number of aromatic nitrogens is 1. The van der Waals surface area contributed by atoms with Crippen molar-refractivity contribution in [1.29, 1.82) is 0 Å². The predicted molar refractivity (Wildman–Crippen MR) is 120 cm³/mol. The first-order chi connectivity index (χ1) is 14.0. The molecule has 1 atom stereocenters. The molecule has 158 valence electrons. The van der Waals surface area contributed by atoms with E-state index in [0.717, 1.165) is 42.0 Å². The molecule has 5 heteroatoms. The van der Waals surface area contributed by atoms with Crippen molar-refractivity contribution in [2.24, 2.45) is 5.92 Å². The number of hydrogen-bond acceptors (Lipinski definition) is 5. The van der Waals surface area contributed by atoms with Crippen LogP contribution in [0.5, 0.6) is 0 Å². The molecule has 1 aromatic carbocycles. The maximum absolute atomic E-state index is 9.39. The standard InChI is InChI=1S/C24H34N2O3/c1-19(2)12-13-26(14-15-29-18-24(28)17-27)23-10-8-21(9-11-23)6-7-22-5-4-20(3)25-16-22/h4-11,16,19,24,27-28H,12-15,17-18H2,1-3H3. The maximum Gasteiger partial charge on any atom is 0.100 e. The number of aliphatic hydroxyl groups is 2. The fourth-order valence-electron chi connectivity index (χ4n) is 2.80. The Bertz CT molecular complexity index is 727. The molecule has 1 unspecified atom stereocenters. The topological polar surface area (TPSA) is 65.8 Å². The Kier molecular flexibility index (Phi) is 9.84. The fourth-order valence-corrected chi connectivity index (χ4v) is 2.80. The van der Waals surface area contributed by atoms with Gasteiger partial charge in [-0.2, -0.15) is 0 Å². The van der Waals surface area contributed by atoms with Crippen molar-refractivity contribution in [3.05, 3.63) is 59.4 Å². The summed E-state index contributed by atoms with van der Waals surface area (Å²) in [6, 6.07) is 12.6. The predicted octanol–water partition coefficient (Wildman–Crippen LogP) is 3.78. The quantitative estimate of drug-likeness (QED) is 0.533. The summed E-state index contributed by atoms with van der Waals surface area (Å²) in [5, 5.41) is 18.3. The Morgan fingerprint density at radius 1 is 1.03 bits per heavy atom. The second-order valence-corrected chi connectivity index (χ2v) is 7.74. The first kappa shape index (κ1) is 23.1. The number of nitrogens with zero attached hydrogens (tertiary/aromatic N) is 2. The van der Waals surface area contributed by atoms with Gasteiger partial charge in [-0.15, -0.1) is 0 Å². The van der Waals surface area contributed by atoms with Crippen LogP contribution in [0.25, 0.3) is 12.2 Å². The average Bonchev–Trinajstić information content (AvgIpc) is 2.73. The first-order valence-corrected chi connectivity index (χ1v) is 10.3.